The number of carboxylic acid groups (broad SMARTS) is 1. The van der Waals surface area contributed by atoms with Crippen molar-refractivity contribution in [3.63, 3.8) is 0 Å². The molecule has 34 heavy (non-hydrogen) atoms. The molecule has 3 aromatic carbocycles. The fourth-order valence-electron chi connectivity index (χ4n) is 4.06. The monoisotopic (exact) mass is 454 g/mol. The van der Waals surface area contributed by atoms with Crippen LogP contribution in [0, 0.1) is 0 Å². The van der Waals surface area contributed by atoms with Gasteiger partial charge in [0, 0.05) is 24.2 Å². The van der Waals surface area contributed by atoms with Crippen LogP contribution in [-0.2, 0) is 13.0 Å². The number of pyridine rings is 1. The van der Waals surface area contributed by atoms with E-state index in [0.29, 0.717) is 12.2 Å². The topological polar surface area (TPSA) is 89.8 Å². The van der Waals surface area contributed by atoms with Gasteiger partial charge < -0.3 is 20.0 Å². The second-order valence-electron chi connectivity index (χ2n) is 7.94. The lowest BCUT2D eigenvalue weighted by atomic mass is 9.99. The third-order valence-corrected chi connectivity index (χ3v) is 5.69. The van der Waals surface area contributed by atoms with Gasteiger partial charge in [-0.15, -0.1) is 0 Å². The van der Waals surface area contributed by atoms with Crippen LogP contribution < -0.4 is 20.3 Å². The lowest BCUT2D eigenvalue weighted by Crippen LogP contribution is -2.29. The van der Waals surface area contributed by atoms with E-state index in [1.54, 1.807) is 0 Å². The average Bonchev–Trinajstić information content (AvgIpc) is 3.01. The molecule has 2 N–H and O–H groups in total. The first-order valence-electron chi connectivity index (χ1n) is 10.9. The van der Waals surface area contributed by atoms with Crippen molar-refractivity contribution in [2.75, 3.05) is 5.43 Å². The van der Waals surface area contributed by atoms with Crippen LogP contribution in [0.2, 0.25) is 0 Å². The minimum Gasteiger partial charge on any atom is -0.482 e. The molecule has 0 aliphatic carbocycles. The number of aromatic nitrogens is 1. The molecular formula is C27H22N2O5. The third-order valence-electron chi connectivity index (χ3n) is 5.69. The number of ether oxygens (including phenoxy) is 2. The van der Waals surface area contributed by atoms with Crippen LogP contribution in [0.5, 0.6) is 17.2 Å². The zero-order valence-electron chi connectivity index (χ0n) is 18.2. The van der Waals surface area contributed by atoms with Gasteiger partial charge >= 0.3 is 5.97 Å². The molecule has 0 spiro atoms. The molecule has 0 saturated heterocycles. The second kappa shape index (κ2) is 9.15. The van der Waals surface area contributed by atoms with E-state index in [1.807, 2.05) is 78.9 Å². The smallest absolute Gasteiger partial charge is 0.358 e. The number of nitrogens with one attached hydrogen (secondary N) is 1. The molecule has 1 aliphatic heterocycles. The van der Waals surface area contributed by atoms with Crippen molar-refractivity contribution < 1.29 is 19.4 Å². The zero-order chi connectivity index (χ0) is 23.5. The molecule has 5 rings (SSSR count). The summed E-state index contributed by atoms with van der Waals surface area (Å²) in [6.07, 6.45) is 1.97. The Hall–Kier alpha value is -4.52. The van der Waals surface area contributed by atoms with E-state index in [0.717, 1.165) is 22.4 Å². The number of aromatic carboxylic acids is 1. The van der Waals surface area contributed by atoms with Crippen LogP contribution >= 0.6 is 0 Å². The number of para-hydroxylation sites is 2. The first-order chi connectivity index (χ1) is 16.6. The Kier molecular flexibility index (Phi) is 5.74. The summed E-state index contributed by atoms with van der Waals surface area (Å²) in [5.74, 6) is -0.0513. The summed E-state index contributed by atoms with van der Waals surface area (Å²) in [7, 11) is 0. The molecule has 7 nitrogen and oxygen atoms in total. The van der Waals surface area contributed by atoms with Crippen molar-refractivity contribution in [2.45, 2.75) is 19.1 Å². The van der Waals surface area contributed by atoms with E-state index < -0.39 is 11.4 Å². The van der Waals surface area contributed by atoms with Crippen LogP contribution in [0.3, 0.4) is 0 Å². The molecule has 1 aliphatic rings. The third kappa shape index (κ3) is 4.23. The van der Waals surface area contributed by atoms with Crippen LogP contribution in [0.1, 0.15) is 33.2 Å². The largest absolute Gasteiger partial charge is 0.482 e. The van der Waals surface area contributed by atoms with E-state index in [9.17, 15) is 14.7 Å². The molecule has 1 atom stereocenters. The number of carboxylic acids is 1. The Labute approximate surface area is 195 Å². The van der Waals surface area contributed by atoms with E-state index in [2.05, 4.69) is 5.43 Å². The number of hydrogen-bond acceptors (Lipinski definition) is 5. The maximum atomic E-state index is 12.6. The number of carbonyl (C=O) groups is 1. The number of fused-ring (bicyclic) bond motifs is 2. The predicted octanol–water partition coefficient (Wildman–Crippen LogP) is 4.76. The molecule has 1 aromatic heterocycles. The van der Waals surface area contributed by atoms with Gasteiger partial charge in [0.1, 0.15) is 18.1 Å². The van der Waals surface area contributed by atoms with Crippen molar-refractivity contribution >= 4 is 5.97 Å². The lowest BCUT2D eigenvalue weighted by molar-refractivity contribution is 0.0679. The van der Waals surface area contributed by atoms with Gasteiger partial charge in [-0.1, -0.05) is 66.7 Å². The summed E-state index contributed by atoms with van der Waals surface area (Å²) in [4.78, 5) is 24.8. The molecule has 0 bridgehead atoms. The Morgan fingerprint density at radius 1 is 0.971 bits per heavy atom. The summed E-state index contributed by atoms with van der Waals surface area (Å²) in [6.45, 7) is 0.0772. The van der Waals surface area contributed by atoms with Gasteiger partial charge in [0.25, 0.3) is 0 Å². The van der Waals surface area contributed by atoms with Gasteiger partial charge in [-0.2, -0.15) is 0 Å². The highest BCUT2D eigenvalue weighted by molar-refractivity contribution is 5.89. The Bertz CT molecular complexity index is 1400. The van der Waals surface area contributed by atoms with E-state index >= 15 is 0 Å². The Morgan fingerprint density at radius 2 is 1.68 bits per heavy atom. The van der Waals surface area contributed by atoms with Crippen molar-refractivity contribution in [3.8, 4) is 17.2 Å². The van der Waals surface area contributed by atoms with Gasteiger partial charge in [-0.05, 0) is 23.3 Å². The molecule has 0 saturated carbocycles. The Morgan fingerprint density at radius 3 is 2.47 bits per heavy atom. The average molecular weight is 454 g/mol. The molecule has 7 heteroatoms. The molecule has 2 heterocycles. The van der Waals surface area contributed by atoms with E-state index in [-0.39, 0.29) is 24.1 Å². The maximum Gasteiger partial charge on any atom is 0.358 e. The van der Waals surface area contributed by atoms with Crippen LogP contribution in [0.25, 0.3) is 0 Å². The molecule has 0 radical (unpaired) electrons. The number of hydrogen-bond donors (Lipinski definition) is 2. The quantitative estimate of drug-likeness (QED) is 0.437. The maximum absolute atomic E-state index is 12.6. The molecular weight excluding hydrogens is 432 g/mol. The van der Waals surface area contributed by atoms with E-state index in [4.69, 9.17) is 9.47 Å². The van der Waals surface area contributed by atoms with Gasteiger partial charge in [-0.3, -0.25) is 9.47 Å². The highest BCUT2D eigenvalue weighted by atomic mass is 16.5. The van der Waals surface area contributed by atoms with Crippen molar-refractivity contribution in [1.82, 2.24) is 4.68 Å². The van der Waals surface area contributed by atoms with Gasteiger partial charge in [0.15, 0.2) is 11.4 Å². The minimum atomic E-state index is -1.27. The SMILES string of the molecule is O=C(O)c1c(OCc2ccccc2)c(=O)ccn1NC1Cc2ccccc2Oc2ccccc21. The van der Waals surface area contributed by atoms with Crippen LogP contribution in [0.15, 0.2) is 95.9 Å². The van der Waals surface area contributed by atoms with Gasteiger partial charge in [0.2, 0.25) is 5.43 Å². The second-order valence-corrected chi connectivity index (χ2v) is 7.94. The predicted molar refractivity (Wildman–Crippen MR) is 127 cm³/mol. The molecule has 170 valence electrons. The van der Waals surface area contributed by atoms with Crippen molar-refractivity contribution in [1.29, 1.82) is 0 Å². The fourth-order valence-corrected chi connectivity index (χ4v) is 4.06. The summed E-state index contributed by atoms with van der Waals surface area (Å²) in [6, 6.07) is 25.6. The van der Waals surface area contributed by atoms with Crippen molar-refractivity contribution in [2.24, 2.45) is 0 Å². The highest BCUT2D eigenvalue weighted by Crippen LogP contribution is 2.38. The number of nitrogens with zero attached hydrogens (tertiary/aromatic N) is 1. The summed E-state index contributed by atoms with van der Waals surface area (Å²) >= 11 is 0. The summed E-state index contributed by atoms with van der Waals surface area (Å²) < 4.78 is 13.2. The molecule has 0 amide bonds. The standard InChI is InChI=1S/C27H22N2O5/c30-22-14-15-29(25(27(31)32)26(22)33-17-18-8-2-1-3-9-18)28-21-16-19-10-4-6-12-23(19)34-24-13-7-5-11-20(21)24/h1-15,21,28H,16-17H2,(H,31,32). The molecule has 0 fully saturated rings. The van der Waals surface area contributed by atoms with Crippen LogP contribution in [0.4, 0.5) is 0 Å². The first kappa shape index (κ1) is 21.3. The molecule has 4 aromatic rings. The zero-order valence-corrected chi connectivity index (χ0v) is 18.2. The summed E-state index contributed by atoms with van der Waals surface area (Å²) in [5.41, 5.74) is 5.19. The fraction of sp³-hybridized carbons (Fsp3) is 0.111. The molecule has 1 unspecified atom stereocenters. The highest BCUT2D eigenvalue weighted by Gasteiger charge is 2.26. The number of rotatable bonds is 6. The van der Waals surface area contributed by atoms with Crippen LogP contribution in [-0.4, -0.2) is 15.8 Å². The van der Waals surface area contributed by atoms with Crippen molar-refractivity contribution in [3.05, 3.63) is 124 Å². The lowest BCUT2D eigenvalue weighted by Gasteiger charge is -2.24. The van der Waals surface area contributed by atoms with Gasteiger partial charge in [-0.25, -0.2) is 4.79 Å². The minimum absolute atomic E-state index is 0.0772. The normalized spacial score (nSPS) is 14.2. The summed E-state index contributed by atoms with van der Waals surface area (Å²) in [5, 5.41) is 10.0. The first-order valence-corrected chi connectivity index (χ1v) is 10.9. The number of benzene rings is 3. The Balaban J connectivity index is 1.53. The van der Waals surface area contributed by atoms with E-state index in [1.165, 1.54) is 16.9 Å². The van der Waals surface area contributed by atoms with Gasteiger partial charge in [0.05, 0.1) is 6.04 Å².